The fourth-order valence-electron chi connectivity index (χ4n) is 3.67. The van der Waals surface area contributed by atoms with Crippen molar-refractivity contribution in [3.8, 4) is 0 Å². The first-order valence-electron chi connectivity index (χ1n) is 9.27. The average Bonchev–Trinajstić information content (AvgIpc) is 3.07. The molecule has 30 heavy (non-hydrogen) atoms. The number of carbonyl (C=O) groups is 4. The second-order valence-corrected chi connectivity index (χ2v) is 6.88. The number of amides is 1. The molecule has 8 nitrogen and oxygen atoms in total. The highest BCUT2D eigenvalue weighted by molar-refractivity contribution is 6.28. The van der Waals surface area contributed by atoms with Gasteiger partial charge in [0.05, 0.1) is 25.8 Å². The Kier molecular flexibility index (Phi) is 4.93. The van der Waals surface area contributed by atoms with Gasteiger partial charge in [0.1, 0.15) is 5.70 Å². The first-order chi connectivity index (χ1) is 14.5. The van der Waals surface area contributed by atoms with Gasteiger partial charge in [-0.3, -0.25) is 14.4 Å². The first-order valence-corrected chi connectivity index (χ1v) is 9.27. The van der Waals surface area contributed by atoms with E-state index in [1.807, 2.05) is 0 Å². The average molecular weight is 406 g/mol. The Labute approximate surface area is 171 Å². The molecule has 4 rings (SSSR count). The maximum absolute atomic E-state index is 12.9. The molecule has 1 aliphatic carbocycles. The number of rotatable bonds is 5. The quantitative estimate of drug-likeness (QED) is 0.611. The molecule has 2 N–H and O–H groups in total. The van der Waals surface area contributed by atoms with Gasteiger partial charge in [0.2, 0.25) is 0 Å². The molecule has 0 saturated carbocycles. The van der Waals surface area contributed by atoms with Crippen molar-refractivity contribution in [3.05, 3.63) is 76.0 Å². The molecule has 0 saturated heterocycles. The molecule has 2 aliphatic rings. The van der Waals surface area contributed by atoms with E-state index in [0.29, 0.717) is 16.8 Å². The van der Waals surface area contributed by atoms with Gasteiger partial charge in [-0.15, -0.1) is 0 Å². The number of nitrogens with zero attached hydrogens (tertiary/aromatic N) is 1. The molecule has 0 spiro atoms. The molecule has 0 aromatic heterocycles. The van der Waals surface area contributed by atoms with Crippen LogP contribution in [0.5, 0.6) is 0 Å². The zero-order valence-corrected chi connectivity index (χ0v) is 16.1. The fourth-order valence-corrected chi connectivity index (χ4v) is 3.67. The fraction of sp³-hybridized carbons (Fsp3) is 0.182. The highest BCUT2D eigenvalue weighted by Gasteiger charge is 2.35. The lowest BCUT2D eigenvalue weighted by atomic mass is 9.84. The molecule has 8 heteroatoms. The van der Waals surface area contributed by atoms with E-state index in [1.165, 1.54) is 24.1 Å². The summed E-state index contributed by atoms with van der Waals surface area (Å²) in [6.07, 6.45) is 0. The Morgan fingerprint density at radius 3 is 2.30 bits per heavy atom. The van der Waals surface area contributed by atoms with Gasteiger partial charge in [0.15, 0.2) is 11.6 Å². The molecule has 0 unspecified atom stereocenters. The molecule has 1 aliphatic heterocycles. The van der Waals surface area contributed by atoms with E-state index >= 15 is 0 Å². The molecular weight excluding hydrogens is 388 g/mol. The van der Waals surface area contributed by atoms with Crippen molar-refractivity contribution in [2.24, 2.45) is 0 Å². The number of ether oxygens (including phenoxy) is 1. The third kappa shape index (κ3) is 3.07. The Bertz CT molecular complexity index is 1130. The molecule has 1 heterocycles. The molecular formula is C22H18N2O6. The predicted molar refractivity (Wildman–Crippen MR) is 106 cm³/mol. The normalized spacial score (nSPS) is 15.3. The van der Waals surface area contributed by atoms with Gasteiger partial charge in [0.25, 0.3) is 5.91 Å². The number of nitrogens with one attached hydrogen (secondary N) is 1. The van der Waals surface area contributed by atoms with Gasteiger partial charge in [-0.2, -0.15) is 0 Å². The number of esters is 1. The Balaban J connectivity index is 1.71. The molecule has 0 bridgehead atoms. The lowest BCUT2D eigenvalue weighted by Crippen LogP contribution is -2.31. The van der Waals surface area contributed by atoms with E-state index in [1.54, 1.807) is 30.3 Å². The number of ketones is 2. The zero-order chi connectivity index (χ0) is 21.4. The van der Waals surface area contributed by atoms with Crippen molar-refractivity contribution < 1.29 is 29.0 Å². The van der Waals surface area contributed by atoms with Crippen molar-refractivity contribution in [2.45, 2.75) is 0 Å². The smallest absolute Gasteiger partial charge is 0.337 e. The summed E-state index contributed by atoms with van der Waals surface area (Å²) in [7, 11) is 1.22. The number of aliphatic hydroxyl groups excluding tert-OH is 1. The molecule has 2 aromatic carbocycles. The van der Waals surface area contributed by atoms with E-state index in [9.17, 15) is 19.2 Å². The van der Waals surface area contributed by atoms with Gasteiger partial charge in [0, 0.05) is 34.5 Å². The zero-order valence-electron chi connectivity index (χ0n) is 16.1. The summed E-state index contributed by atoms with van der Waals surface area (Å²) in [5.74, 6) is -1.66. The summed E-state index contributed by atoms with van der Waals surface area (Å²) in [5.41, 5.74) is 1.72. The largest absolute Gasteiger partial charge is 0.466 e. The van der Waals surface area contributed by atoms with Gasteiger partial charge < -0.3 is 20.1 Å². The van der Waals surface area contributed by atoms with Gasteiger partial charge >= 0.3 is 5.97 Å². The topological polar surface area (TPSA) is 113 Å². The maximum Gasteiger partial charge on any atom is 0.337 e. The van der Waals surface area contributed by atoms with E-state index < -0.39 is 11.9 Å². The third-order valence-electron chi connectivity index (χ3n) is 5.15. The van der Waals surface area contributed by atoms with Gasteiger partial charge in [-0.25, -0.2) is 4.79 Å². The van der Waals surface area contributed by atoms with Gasteiger partial charge in [-0.05, 0) is 18.2 Å². The van der Waals surface area contributed by atoms with Crippen molar-refractivity contribution in [1.29, 1.82) is 0 Å². The molecule has 0 fully saturated rings. The van der Waals surface area contributed by atoms with E-state index in [0.717, 1.165) is 0 Å². The van der Waals surface area contributed by atoms with Crippen LogP contribution >= 0.6 is 0 Å². The van der Waals surface area contributed by atoms with Crippen molar-refractivity contribution in [2.75, 3.05) is 32.1 Å². The lowest BCUT2D eigenvalue weighted by molar-refractivity contribution is -0.136. The predicted octanol–water partition coefficient (Wildman–Crippen LogP) is 1.14. The Hall–Kier alpha value is -3.78. The van der Waals surface area contributed by atoms with Crippen LogP contribution in [0.15, 0.2) is 53.7 Å². The Morgan fingerprint density at radius 2 is 1.67 bits per heavy atom. The van der Waals surface area contributed by atoms with E-state index in [-0.39, 0.29) is 53.7 Å². The van der Waals surface area contributed by atoms with Crippen molar-refractivity contribution in [1.82, 2.24) is 4.90 Å². The van der Waals surface area contributed by atoms with Crippen LogP contribution in [0.3, 0.4) is 0 Å². The highest BCUT2D eigenvalue weighted by atomic mass is 16.5. The molecule has 0 radical (unpaired) electrons. The monoisotopic (exact) mass is 406 g/mol. The SMILES string of the molecule is COC(=O)C1=C(Nc2ccc3c(c2)C(=O)c2ccccc2C3=O)C(=O)N(CCO)C1. The summed E-state index contributed by atoms with van der Waals surface area (Å²) in [6.45, 7) is -0.176. The minimum atomic E-state index is -0.663. The third-order valence-corrected chi connectivity index (χ3v) is 5.15. The minimum Gasteiger partial charge on any atom is -0.466 e. The van der Waals surface area contributed by atoms with Crippen LogP contribution in [0, 0.1) is 0 Å². The summed E-state index contributed by atoms with van der Waals surface area (Å²) in [6, 6.07) is 11.2. The van der Waals surface area contributed by atoms with E-state index in [2.05, 4.69) is 5.32 Å². The first kappa shape index (κ1) is 19.5. The van der Waals surface area contributed by atoms with Crippen LogP contribution < -0.4 is 5.32 Å². The molecule has 2 aromatic rings. The standard InChI is InChI=1S/C22H18N2O6/c1-30-22(29)17-11-24(8-9-25)21(28)18(17)23-12-6-7-15-16(10-12)20(27)14-5-3-2-4-13(14)19(15)26/h2-7,10,23,25H,8-9,11H2,1H3. The lowest BCUT2D eigenvalue weighted by Gasteiger charge is -2.19. The number of anilines is 1. The van der Waals surface area contributed by atoms with Crippen molar-refractivity contribution >= 4 is 29.1 Å². The second-order valence-electron chi connectivity index (χ2n) is 6.88. The summed E-state index contributed by atoms with van der Waals surface area (Å²) in [5, 5.41) is 12.0. The molecule has 1 amide bonds. The van der Waals surface area contributed by atoms with Crippen molar-refractivity contribution in [3.63, 3.8) is 0 Å². The second kappa shape index (κ2) is 7.57. The minimum absolute atomic E-state index is 0.00410. The van der Waals surface area contributed by atoms with Crippen LogP contribution in [-0.4, -0.2) is 60.3 Å². The number of β-amino-alcohol motifs (C(OH)–C–C–N with tert-alkyl or cyclic N) is 1. The van der Waals surface area contributed by atoms with E-state index in [4.69, 9.17) is 9.84 Å². The number of benzene rings is 2. The summed E-state index contributed by atoms with van der Waals surface area (Å²) >= 11 is 0. The number of fused-ring (bicyclic) bond motifs is 2. The maximum atomic E-state index is 12.9. The summed E-state index contributed by atoms with van der Waals surface area (Å²) in [4.78, 5) is 51.7. The Morgan fingerprint density at radius 1 is 1.03 bits per heavy atom. The van der Waals surface area contributed by atoms with Crippen LogP contribution in [0.25, 0.3) is 0 Å². The van der Waals surface area contributed by atoms with Gasteiger partial charge in [-0.1, -0.05) is 24.3 Å². The van der Waals surface area contributed by atoms with Crippen LogP contribution in [0.4, 0.5) is 5.69 Å². The number of carbonyl (C=O) groups excluding carboxylic acids is 4. The highest BCUT2D eigenvalue weighted by Crippen LogP contribution is 2.30. The molecule has 0 atom stereocenters. The van der Waals surface area contributed by atoms with Crippen LogP contribution in [0.2, 0.25) is 0 Å². The number of aliphatic hydroxyl groups is 1. The number of methoxy groups -OCH3 is 1. The number of hydrogen-bond acceptors (Lipinski definition) is 7. The van der Waals surface area contributed by atoms with Crippen LogP contribution in [0.1, 0.15) is 31.8 Å². The van der Waals surface area contributed by atoms with Crippen LogP contribution in [-0.2, 0) is 14.3 Å². The summed E-state index contributed by atoms with van der Waals surface area (Å²) < 4.78 is 4.76. The molecule has 152 valence electrons. The number of hydrogen-bond donors (Lipinski definition) is 2.